The van der Waals surface area contributed by atoms with Crippen LogP contribution >= 0.6 is 11.3 Å². The third kappa shape index (κ3) is 4.16. The fourth-order valence-electron chi connectivity index (χ4n) is 2.37. The third-order valence-corrected chi connectivity index (χ3v) is 4.59. The third-order valence-electron chi connectivity index (χ3n) is 3.77. The number of anilines is 1. The molecule has 1 fully saturated rings. The number of carboxylic acids is 1. The topological polar surface area (TPSA) is 91.5 Å². The highest BCUT2D eigenvalue weighted by Gasteiger charge is 2.18. The van der Waals surface area contributed by atoms with E-state index in [1.54, 1.807) is 5.38 Å². The number of aromatic nitrogens is 1. The second-order valence-corrected chi connectivity index (χ2v) is 6.21. The van der Waals surface area contributed by atoms with E-state index in [-0.39, 0.29) is 0 Å². The fourth-order valence-corrected chi connectivity index (χ4v) is 3.15. The lowest BCUT2D eigenvalue weighted by Gasteiger charge is -2.28. The molecule has 0 saturated carbocycles. The molecule has 0 spiro atoms. The molecule has 1 atom stereocenters. The molecule has 2 rings (SSSR count). The number of hydrogen-bond acceptors (Lipinski definition) is 6. The van der Waals surface area contributed by atoms with Gasteiger partial charge < -0.3 is 21.1 Å². The number of thiazole rings is 1. The molecule has 0 radical (unpaired) electrons. The molecule has 1 aromatic rings. The van der Waals surface area contributed by atoms with E-state index < -0.39 is 12.0 Å². The predicted molar refractivity (Wildman–Crippen MR) is 80.0 cm³/mol. The van der Waals surface area contributed by atoms with Gasteiger partial charge in [0.05, 0.1) is 5.69 Å². The minimum Gasteiger partial charge on any atom is -0.480 e. The van der Waals surface area contributed by atoms with Crippen LogP contribution in [0, 0.1) is 5.92 Å². The average molecular weight is 298 g/mol. The second kappa shape index (κ2) is 7.01. The van der Waals surface area contributed by atoms with Crippen LogP contribution in [-0.4, -0.2) is 47.6 Å². The lowest BCUT2D eigenvalue weighted by molar-refractivity contribution is -0.138. The first kappa shape index (κ1) is 15.2. The van der Waals surface area contributed by atoms with Gasteiger partial charge in [0.25, 0.3) is 0 Å². The summed E-state index contributed by atoms with van der Waals surface area (Å²) in [4.78, 5) is 17.4. The summed E-state index contributed by atoms with van der Waals surface area (Å²) in [5.74, 6) is -0.271. The van der Waals surface area contributed by atoms with Crippen LogP contribution in [-0.2, 0) is 4.79 Å². The Labute approximate surface area is 123 Å². The highest BCUT2D eigenvalue weighted by atomic mass is 32.1. The van der Waals surface area contributed by atoms with Gasteiger partial charge in [-0.2, -0.15) is 0 Å². The number of carboxylic acid groups (broad SMARTS) is 1. The SMILES string of the molecule is CN1CCC(CCNc2nc(C(N)C(=O)O)cs2)CC1. The molecule has 1 aliphatic heterocycles. The van der Waals surface area contributed by atoms with Gasteiger partial charge in [0.1, 0.15) is 6.04 Å². The highest BCUT2D eigenvalue weighted by Crippen LogP contribution is 2.22. The van der Waals surface area contributed by atoms with E-state index >= 15 is 0 Å². The summed E-state index contributed by atoms with van der Waals surface area (Å²) in [5.41, 5.74) is 5.94. The smallest absolute Gasteiger partial charge is 0.326 e. The van der Waals surface area contributed by atoms with Crippen molar-refractivity contribution in [2.75, 3.05) is 32.0 Å². The predicted octanol–water partition coefficient (Wildman–Crippen LogP) is 1.37. The normalized spacial score (nSPS) is 18.9. The first-order chi connectivity index (χ1) is 9.56. The van der Waals surface area contributed by atoms with Gasteiger partial charge in [0.2, 0.25) is 0 Å². The van der Waals surface area contributed by atoms with Crippen LogP contribution in [0.25, 0.3) is 0 Å². The van der Waals surface area contributed by atoms with Crippen molar-refractivity contribution in [3.05, 3.63) is 11.1 Å². The molecule has 1 saturated heterocycles. The van der Waals surface area contributed by atoms with Crippen molar-refractivity contribution in [2.24, 2.45) is 11.7 Å². The molecule has 2 heterocycles. The first-order valence-electron chi connectivity index (χ1n) is 6.92. The largest absolute Gasteiger partial charge is 0.480 e. The molecule has 20 heavy (non-hydrogen) atoms. The molecule has 1 aromatic heterocycles. The standard InChI is InChI=1S/C13H22N4O2S/c1-17-6-3-9(4-7-17)2-5-15-13-16-10(8-20-13)11(14)12(18)19/h8-9,11H,2-7,14H2,1H3,(H,15,16)(H,18,19). The Morgan fingerprint density at radius 1 is 1.65 bits per heavy atom. The number of piperidine rings is 1. The van der Waals surface area contributed by atoms with Crippen molar-refractivity contribution in [2.45, 2.75) is 25.3 Å². The van der Waals surface area contributed by atoms with Crippen molar-refractivity contribution in [3.8, 4) is 0 Å². The number of aliphatic carboxylic acids is 1. The van der Waals surface area contributed by atoms with Crippen LogP contribution in [0.15, 0.2) is 5.38 Å². The molecular weight excluding hydrogens is 276 g/mol. The van der Waals surface area contributed by atoms with E-state index in [0.29, 0.717) is 5.69 Å². The van der Waals surface area contributed by atoms with Crippen molar-refractivity contribution < 1.29 is 9.90 Å². The van der Waals surface area contributed by atoms with Gasteiger partial charge in [0, 0.05) is 11.9 Å². The van der Waals surface area contributed by atoms with Gasteiger partial charge in [-0.1, -0.05) is 0 Å². The second-order valence-electron chi connectivity index (χ2n) is 5.36. The Hall–Kier alpha value is -1.18. The Morgan fingerprint density at radius 3 is 3.00 bits per heavy atom. The Balaban J connectivity index is 1.73. The molecule has 1 unspecified atom stereocenters. The highest BCUT2D eigenvalue weighted by molar-refractivity contribution is 7.13. The van der Waals surface area contributed by atoms with E-state index in [4.69, 9.17) is 10.8 Å². The molecule has 0 amide bonds. The van der Waals surface area contributed by atoms with Crippen molar-refractivity contribution >= 4 is 22.4 Å². The minimum absolute atomic E-state index is 0.421. The number of nitrogens with two attached hydrogens (primary N) is 1. The zero-order valence-electron chi connectivity index (χ0n) is 11.7. The van der Waals surface area contributed by atoms with E-state index in [9.17, 15) is 4.79 Å². The summed E-state index contributed by atoms with van der Waals surface area (Å²) in [7, 11) is 2.16. The molecule has 4 N–H and O–H groups in total. The number of nitrogens with zero attached hydrogens (tertiary/aromatic N) is 2. The maximum atomic E-state index is 10.8. The lowest BCUT2D eigenvalue weighted by atomic mass is 9.94. The molecule has 0 aliphatic carbocycles. The van der Waals surface area contributed by atoms with E-state index in [0.717, 1.165) is 24.0 Å². The summed E-state index contributed by atoms with van der Waals surface area (Å²) < 4.78 is 0. The van der Waals surface area contributed by atoms with Crippen LogP contribution in [0.2, 0.25) is 0 Å². The van der Waals surface area contributed by atoms with Gasteiger partial charge in [-0.25, -0.2) is 4.98 Å². The van der Waals surface area contributed by atoms with Crippen molar-refractivity contribution in [3.63, 3.8) is 0 Å². The van der Waals surface area contributed by atoms with Crippen LogP contribution in [0.3, 0.4) is 0 Å². The number of rotatable bonds is 6. The monoisotopic (exact) mass is 298 g/mol. The molecule has 1 aliphatic rings. The lowest BCUT2D eigenvalue weighted by Crippen LogP contribution is -2.30. The van der Waals surface area contributed by atoms with Crippen molar-refractivity contribution in [1.29, 1.82) is 0 Å². The van der Waals surface area contributed by atoms with Gasteiger partial charge in [-0.15, -0.1) is 11.3 Å². The van der Waals surface area contributed by atoms with Gasteiger partial charge in [0.15, 0.2) is 5.13 Å². The summed E-state index contributed by atoms with van der Waals surface area (Å²) in [6, 6.07) is -1.03. The van der Waals surface area contributed by atoms with E-state index in [1.165, 1.54) is 37.3 Å². The molecule has 7 heteroatoms. The van der Waals surface area contributed by atoms with Gasteiger partial charge in [-0.05, 0) is 45.3 Å². The fraction of sp³-hybridized carbons (Fsp3) is 0.692. The van der Waals surface area contributed by atoms with Crippen LogP contribution < -0.4 is 11.1 Å². The van der Waals surface area contributed by atoms with E-state index in [2.05, 4.69) is 22.2 Å². The van der Waals surface area contributed by atoms with Crippen molar-refractivity contribution in [1.82, 2.24) is 9.88 Å². The number of hydrogen-bond donors (Lipinski definition) is 3. The van der Waals surface area contributed by atoms with E-state index in [1.807, 2.05) is 0 Å². The molecular formula is C13H22N4O2S. The summed E-state index contributed by atoms with van der Waals surface area (Å²) in [6.45, 7) is 3.24. The first-order valence-corrected chi connectivity index (χ1v) is 7.80. The summed E-state index contributed by atoms with van der Waals surface area (Å²) >= 11 is 1.41. The zero-order chi connectivity index (χ0) is 14.5. The summed E-state index contributed by atoms with van der Waals surface area (Å²) in [6.07, 6.45) is 3.64. The van der Waals surface area contributed by atoms with Crippen LogP contribution in [0.4, 0.5) is 5.13 Å². The molecule has 112 valence electrons. The van der Waals surface area contributed by atoms with Gasteiger partial charge in [-0.3, -0.25) is 4.79 Å². The number of carbonyl (C=O) groups is 1. The Morgan fingerprint density at radius 2 is 2.35 bits per heavy atom. The van der Waals surface area contributed by atoms with Crippen LogP contribution in [0.5, 0.6) is 0 Å². The quantitative estimate of drug-likeness (QED) is 0.735. The van der Waals surface area contributed by atoms with Crippen LogP contribution in [0.1, 0.15) is 31.0 Å². The maximum Gasteiger partial charge on any atom is 0.326 e. The Kier molecular flexibility index (Phi) is 5.33. The molecule has 6 nitrogen and oxygen atoms in total. The maximum absolute atomic E-state index is 10.8. The number of nitrogens with one attached hydrogen (secondary N) is 1. The molecule has 0 aromatic carbocycles. The average Bonchev–Trinajstić information content (AvgIpc) is 2.89. The zero-order valence-corrected chi connectivity index (χ0v) is 12.5. The number of likely N-dealkylation sites (tertiary alicyclic amines) is 1. The summed E-state index contributed by atoms with van der Waals surface area (Å²) in [5, 5.41) is 14.5. The Bertz CT molecular complexity index is 443. The molecule has 0 bridgehead atoms. The minimum atomic E-state index is -1.05. The van der Waals surface area contributed by atoms with Gasteiger partial charge >= 0.3 is 5.97 Å².